The normalized spacial score (nSPS) is 19.5. The van der Waals surface area contributed by atoms with Gasteiger partial charge in [0.05, 0.1) is 18.2 Å². The second kappa shape index (κ2) is 4.84. The van der Waals surface area contributed by atoms with Gasteiger partial charge in [0.15, 0.2) is 6.29 Å². The molecule has 0 aromatic carbocycles. The second-order valence-corrected chi connectivity index (χ2v) is 4.55. The van der Waals surface area contributed by atoms with Crippen molar-refractivity contribution in [2.45, 2.75) is 39.3 Å². The van der Waals surface area contributed by atoms with Gasteiger partial charge in [0, 0.05) is 12.3 Å². The quantitative estimate of drug-likeness (QED) is 0.745. The van der Waals surface area contributed by atoms with Crippen LogP contribution < -0.4 is 5.56 Å². The average Bonchev–Trinajstić information content (AvgIpc) is 2.77. The van der Waals surface area contributed by atoms with Crippen LogP contribution in [0.1, 0.15) is 34.5 Å². The lowest BCUT2D eigenvalue weighted by atomic mass is 10.1. The highest BCUT2D eigenvalue weighted by molar-refractivity contribution is 5.76. The summed E-state index contributed by atoms with van der Waals surface area (Å²) in [5.41, 5.74) is 1.68. The van der Waals surface area contributed by atoms with E-state index in [1.165, 1.54) is 0 Å². The summed E-state index contributed by atoms with van der Waals surface area (Å²) in [4.78, 5) is 23.0. The minimum Gasteiger partial charge on any atom is -0.376 e. The van der Waals surface area contributed by atoms with Gasteiger partial charge in [0.25, 0.3) is 5.56 Å². The topological polar surface area (TPSA) is 48.3 Å². The maximum Gasteiger partial charge on any atom is 0.261 e. The maximum atomic E-state index is 12.1. The molecule has 4 nitrogen and oxygen atoms in total. The monoisotopic (exact) mass is 235 g/mol. The second-order valence-electron chi connectivity index (χ2n) is 4.55. The van der Waals surface area contributed by atoms with Gasteiger partial charge in [0.2, 0.25) is 0 Å². The van der Waals surface area contributed by atoms with E-state index in [2.05, 4.69) is 0 Å². The van der Waals surface area contributed by atoms with Gasteiger partial charge in [0.1, 0.15) is 0 Å². The molecular formula is C13H17NO3. The van der Waals surface area contributed by atoms with Crippen LogP contribution in [0.4, 0.5) is 0 Å². The summed E-state index contributed by atoms with van der Waals surface area (Å²) in [6, 6.07) is 1.88. The number of rotatable bonds is 3. The molecule has 2 heterocycles. The van der Waals surface area contributed by atoms with Crippen molar-refractivity contribution in [3.05, 3.63) is 33.2 Å². The van der Waals surface area contributed by atoms with Crippen molar-refractivity contribution >= 4 is 6.29 Å². The minimum atomic E-state index is -0.201. The van der Waals surface area contributed by atoms with Gasteiger partial charge in [-0.25, -0.2) is 0 Å². The number of aldehydes is 1. The molecule has 0 amide bonds. The van der Waals surface area contributed by atoms with Gasteiger partial charge < -0.3 is 9.30 Å². The fourth-order valence-corrected chi connectivity index (χ4v) is 2.31. The Labute approximate surface area is 100 Å². The molecular weight excluding hydrogens is 218 g/mol. The summed E-state index contributed by atoms with van der Waals surface area (Å²) in [6.45, 7) is 4.99. The smallest absolute Gasteiger partial charge is 0.261 e. The van der Waals surface area contributed by atoms with Gasteiger partial charge in [-0.1, -0.05) is 0 Å². The third-order valence-corrected chi connectivity index (χ3v) is 3.28. The molecule has 1 saturated heterocycles. The van der Waals surface area contributed by atoms with E-state index < -0.39 is 0 Å². The molecule has 0 spiro atoms. The van der Waals surface area contributed by atoms with Gasteiger partial charge >= 0.3 is 0 Å². The van der Waals surface area contributed by atoms with Crippen LogP contribution in [-0.4, -0.2) is 23.6 Å². The van der Waals surface area contributed by atoms with E-state index in [1.807, 2.05) is 13.0 Å². The summed E-state index contributed by atoms with van der Waals surface area (Å²) < 4.78 is 7.17. The largest absolute Gasteiger partial charge is 0.376 e. The number of aromatic nitrogens is 1. The Morgan fingerprint density at radius 3 is 2.88 bits per heavy atom. The van der Waals surface area contributed by atoms with Crippen molar-refractivity contribution in [1.82, 2.24) is 4.57 Å². The molecule has 1 aliphatic heterocycles. The zero-order chi connectivity index (χ0) is 12.4. The van der Waals surface area contributed by atoms with E-state index >= 15 is 0 Å². The van der Waals surface area contributed by atoms with E-state index in [-0.39, 0.29) is 17.2 Å². The molecule has 1 aromatic heterocycles. The van der Waals surface area contributed by atoms with E-state index in [1.54, 1.807) is 11.5 Å². The summed E-state index contributed by atoms with van der Waals surface area (Å²) in [7, 11) is 0. The predicted octanol–water partition coefficient (Wildman–Crippen LogP) is 1.46. The zero-order valence-corrected chi connectivity index (χ0v) is 10.2. The number of carbonyl (C=O) groups is 1. The Bertz CT molecular complexity index is 484. The number of hydrogen-bond acceptors (Lipinski definition) is 3. The van der Waals surface area contributed by atoms with Crippen LogP contribution in [0.2, 0.25) is 0 Å². The van der Waals surface area contributed by atoms with Crippen LogP contribution in [0.3, 0.4) is 0 Å². The third-order valence-electron chi connectivity index (χ3n) is 3.28. The molecule has 0 radical (unpaired) electrons. The Kier molecular flexibility index (Phi) is 3.43. The number of nitrogens with zero attached hydrogens (tertiary/aromatic N) is 1. The van der Waals surface area contributed by atoms with E-state index in [9.17, 15) is 9.59 Å². The number of pyridine rings is 1. The molecule has 1 atom stereocenters. The zero-order valence-electron chi connectivity index (χ0n) is 10.2. The highest BCUT2D eigenvalue weighted by Crippen LogP contribution is 2.14. The van der Waals surface area contributed by atoms with Crippen LogP contribution in [0, 0.1) is 13.8 Å². The molecule has 4 heteroatoms. The summed E-state index contributed by atoms with van der Waals surface area (Å²) in [5.74, 6) is 0. The standard InChI is InChI=1S/C13H17NO3/c1-9-6-10(2)14(13(16)12(9)8-15)7-11-4-3-5-17-11/h6,8,11H,3-5,7H2,1-2H3. The molecule has 2 rings (SSSR count). The van der Waals surface area contributed by atoms with E-state index in [0.29, 0.717) is 12.8 Å². The molecule has 0 aliphatic carbocycles. The Hall–Kier alpha value is -1.42. The first-order chi connectivity index (χ1) is 8.13. The lowest BCUT2D eigenvalue weighted by Gasteiger charge is -2.16. The van der Waals surface area contributed by atoms with Gasteiger partial charge in [-0.15, -0.1) is 0 Å². The van der Waals surface area contributed by atoms with Crippen LogP contribution in [0.5, 0.6) is 0 Å². The first-order valence-electron chi connectivity index (χ1n) is 5.91. The van der Waals surface area contributed by atoms with Crippen molar-refractivity contribution in [2.24, 2.45) is 0 Å². The summed E-state index contributed by atoms with van der Waals surface area (Å²) >= 11 is 0. The molecule has 17 heavy (non-hydrogen) atoms. The van der Waals surface area contributed by atoms with Crippen LogP contribution in [0.25, 0.3) is 0 Å². The number of hydrogen-bond donors (Lipinski definition) is 0. The van der Waals surface area contributed by atoms with Crippen molar-refractivity contribution in [3.63, 3.8) is 0 Å². The number of aryl methyl sites for hydroxylation is 2. The van der Waals surface area contributed by atoms with Gasteiger partial charge in [-0.05, 0) is 38.3 Å². The van der Waals surface area contributed by atoms with Crippen molar-refractivity contribution < 1.29 is 9.53 Å². The molecule has 0 N–H and O–H groups in total. The van der Waals surface area contributed by atoms with Crippen molar-refractivity contribution in [1.29, 1.82) is 0 Å². The third kappa shape index (κ3) is 2.31. The summed E-state index contributed by atoms with van der Waals surface area (Å²) in [6.07, 6.45) is 2.78. The van der Waals surface area contributed by atoms with Gasteiger partial charge in [-0.2, -0.15) is 0 Å². The maximum absolute atomic E-state index is 12.1. The first-order valence-corrected chi connectivity index (χ1v) is 5.91. The molecule has 1 aromatic rings. The lowest BCUT2D eigenvalue weighted by Crippen LogP contribution is -2.31. The van der Waals surface area contributed by atoms with E-state index in [4.69, 9.17) is 4.74 Å². The highest BCUT2D eigenvalue weighted by atomic mass is 16.5. The average molecular weight is 235 g/mol. The first kappa shape index (κ1) is 12.0. The Morgan fingerprint density at radius 1 is 1.53 bits per heavy atom. The van der Waals surface area contributed by atoms with Crippen molar-refractivity contribution in [3.8, 4) is 0 Å². The number of carbonyl (C=O) groups excluding carboxylic acids is 1. The molecule has 1 unspecified atom stereocenters. The fourth-order valence-electron chi connectivity index (χ4n) is 2.31. The van der Waals surface area contributed by atoms with Gasteiger partial charge in [-0.3, -0.25) is 9.59 Å². The molecule has 0 saturated carbocycles. The summed E-state index contributed by atoms with van der Waals surface area (Å²) in [5, 5.41) is 0. The Morgan fingerprint density at radius 2 is 2.29 bits per heavy atom. The fraction of sp³-hybridized carbons (Fsp3) is 0.538. The SMILES string of the molecule is Cc1cc(C)n(CC2CCCO2)c(=O)c1C=O. The van der Waals surface area contributed by atoms with Crippen LogP contribution in [-0.2, 0) is 11.3 Å². The minimum absolute atomic E-state index is 0.105. The molecule has 1 fully saturated rings. The highest BCUT2D eigenvalue weighted by Gasteiger charge is 2.18. The number of ether oxygens (including phenoxy) is 1. The van der Waals surface area contributed by atoms with Crippen LogP contribution in [0.15, 0.2) is 10.9 Å². The Balaban J connectivity index is 2.38. The lowest BCUT2D eigenvalue weighted by molar-refractivity contribution is 0.0953. The molecule has 92 valence electrons. The van der Waals surface area contributed by atoms with Crippen molar-refractivity contribution in [2.75, 3.05) is 6.61 Å². The van der Waals surface area contributed by atoms with E-state index in [0.717, 1.165) is 30.7 Å². The predicted molar refractivity (Wildman–Crippen MR) is 64.5 cm³/mol. The molecule has 0 bridgehead atoms. The molecule has 1 aliphatic rings. The van der Waals surface area contributed by atoms with Crippen LogP contribution >= 0.6 is 0 Å².